The van der Waals surface area contributed by atoms with Crippen molar-refractivity contribution in [1.82, 2.24) is 4.90 Å². The fraction of sp³-hybridized carbons (Fsp3) is 0.190. The van der Waals surface area contributed by atoms with Crippen molar-refractivity contribution in [3.8, 4) is 11.5 Å². The summed E-state index contributed by atoms with van der Waals surface area (Å²) in [5, 5.41) is 19.5. The highest BCUT2D eigenvalue weighted by Crippen LogP contribution is 2.35. The summed E-state index contributed by atoms with van der Waals surface area (Å²) >= 11 is 1.22. The average molecular weight is 412 g/mol. The molecule has 7 nitrogen and oxygen atoms in total. The topological polar surface area (TPSA) is 99.4 Å². The lowest BCUT2D eigenvalue weighted by atomic mass is 10.2. The number of ether oxygens (including phenoxy) is 1. The molecule has 2 aromatic rings. The van der Waals surface area contributed by atoms with E-state index in [1.165, 1.54) is 34.9 Å². The standard InChI is InChI=1S/C21H20N2O5S/c1-3-23-19(25)18(11-13-8-9-16(24)17(10-13)28-4-2)29-21(23)22-15-7-5-6-14(12-15)20(26)27/h5-12,24H,3-4H2,1-2H3,(H,26,27)/b18-11-,22-21?. The van der Waals surface area contributed by atoms with Crippen molar-refractivity contribution in [3.63, 3.8) is 0 Å². The maximum absolute atomic E-state index is 12.8. The number of rotatable bonds is 6. The third-order valence-electron chi connectivity index (χ3n) is 4.10. The molecular weight excluding hydrogens is 392 g/mol. The van der Waals surface area contributed by atoms with Crippen LogP contribution in [-0.2, 0) is 4.79 Å². The third kappa shape index (κ3) is 4.60. The van der Waals surface area contributed by atoms with E-state index in [0.29, 0.717) is 40.2 Å². The van der Waals surface area contributed by atoms with Crippen molar-refractivity contribution in [1.29, 1.82) is 0 Å². The lowest BCUT2D eigenvalue weighted by Gasteiger charge is -2.12. The Morgan fingerprint density at radius 2 is 2.03 bits per heavy atom. The van der Waals surface area contributed by atoms with Gasteiger partial charge >= 0.3 is 5.97 Å². The summed E-state index contributed by atoms with van der Waals surface area (Å²) in [5.74, 6) is -0.830. The molecule has 1 saturated heterocycles. The van der Waals surface area contributed by atoms with Crippen LogP contribution in [0, 0.1) is 0 Å². The normalized spacial score (nSPS) is 16.6. The molecular formula is C21H20N2O5S. The Hall–Kier alpha value is -3.26. The molecule has 1 fully saturated rings. The predicted molar refractivity (Wildman–Crippen MR) is 113 cm³/mol. The van der Waals surface area contributed by atoms with E-state index in [0.717, 1.165) is 0 Å². The van der Waals surface area contributed by atoms with Crippen LogP contribution in [0.5, 0.6) is 11.5 Å². The Labute approximate surface area is 172 Å². The molecule has 0 radical (unpaired) electrons. The van der Waals surface area contributed by atoms with Crippen molar-refractivity contribution in [3.05, 3.63) is 58.5 Å². The molecule has 0 aliphatic carbocycles. The van der Waals surface area contributed by atoms with E-state index in [1.807, 2.05) is 13.8 Å². The first-order chi connectivity index (χ1) is 13.9. The zero-order chi connectivity index (χ0) is 21.0. The smallest absolute Gasteiger partial charge is 0.335 e. The number of aliphatic imine (C=N–C) groups is 1. The van der Waals surface area contributed by atoms with Crippen LogP contribution in [0.15, 0.2) is 52.4 Å². The zero-order valence-electron chi connectivity index (χ0n) is 16.0. The molecule has 1 aliphatic heterocycles. The number of carboxylic acids is 1. The first-order valence-electron chi connectivity index (χ1n) is 9.02. The van der Waals surface area contributed by atoms with Gasteiger partial charge in [-0.25, -0.2) is 9.79 Å². The Balaban J connectivity index is 1.93. The number of aromatic carboxylic acids is 1. The first kappa shape index (κ1) is 20.5. The molecule has 0 aromatic heterocycles. The highest BCUT2D eigenvalue weighted by atomic mass is 32.2. The van der Waals surface area contributed by atoms with E-state index in [4.69, 9.17) is 9.84 Å². The molecule has 3 rings (SSSR count). The highest BCUT2D eigenvalue weighted by molar-refractivity contribution is 8.18. The number of likely N-dealkylation sites (N-methyl/N-ethyl adjacent to an activating group) is 1. The van der Waals surface area contributed by atoms with Gasteiger partial charge in [0.05, 0.1) is 22.8 Å². The van der Waals surface area contributed by atoms with Gasteiger partial charge in [-0.1, -0.05) is 12.1 Å². The first-order valence-corrected chi connectivity index (χ1v) is 9.83. The molecule has 1 aliphatic rings. The van der Waals surface area contributed by atoms with Crippen molar-refractivity contribution in [2.45, 2.75) is 13.8 Å². The fourth-order valence-corrected chi connectivity index (χ4v) is 3.79. The number of amidine groups is 1. The number of aromatic hydroxyl groups is 1. The van der Waals surface area contributed by atoms with Crippen LogP contribution in [0.4, 0.5) is 5.69 Å². The predicted octanol–water partition coefficient (Wildman–Crippen LogP) is 4.11. The number of hydrogen-bond donors (Lipinski definition) is 2. The molecule has 0 spiro atoms. The van der Waals surface area contributed by atoms with Gasteiger partial charge in [0.25, 0.3) is 5.91 Å². The lowest BCUT2D eigenvalue weighted by molar-refractivity contribution is -0.122. The van der Waals surface area contributed by atoms with Crippen LogP contribution in [0.2, 0.25) is 0 Å². The maximum atomic E-state index is 12.8. The van der Waals surface area contributed by atoms with Crippen molar-refractivity contribution in [2.75, 3.05) is 13.2 Å². The zero-order valence-corrected chi connectivity index (χ0v) is 16.8. The van der Waals surface area contributed by atoms with Gasteiger partial charge in [0.15, 0.2) is 16.7 Å². The molecule has 1 amide bonds. The number of amides is 1. The van der Waals surface area contributed by atoms with Gasteiger partial charge in [0.2, 0.25) is 0 Å². The summed E-state index contributed by atoms with van der Waals surface area (Å²) in [7, 11) is 0. The van der Waals surface area contributed by atoms with Gasteiger partial charge in [-0.05, 0) is 67.6 Å². The second-order valence-corrected chi connectivity index (χ2v) is 7.08. The summed E-state index contributed by atoms with van der Waals surface area (Å²) in [6.07, 6.45) is 1.72. The molecule has 2 aromatic carbocycles. The number of thioether (sulfide) groups is 1. The Morgan fingerprint density at radius 1 is 1.24 bits per heavy atom. The van der Waals surface area contributed by atoms with Crippen LogP contribution in [0.25, 0.3) is 6.08 Å². The maximum Gasteiger partial charge on any atom is 0.335 e. The molecule has 8 heteroatoms. The molecule has 0 atom stereocenters. The summed E-state index contributed by atoms with van der Waals surface area (Å²) in [6.45, 7) is 4.51. The van der Waals surface area contributed by atoms with Crippen LogP contribution in [0.3, 0.4) is 0 Å². The van der Waals surface area contributed by atoms with Crippen LogP contribution in [-0.4, -0.2) is 45.3 Å². The summed E-state index contributed by atoms with van der Waals surface area (Å²) in [6, 6.07) is 11.1. The van der Waals surface area contributed by atoms with Crippen molar-refractivity contribution in [2.24, 2.45) is 4.99 Å². The number of carbonyl (C=O) groups excluding carboxylic acids is 1. The van der Waals surface area contributed by atoms with Crippen LogP contribution >= 0.6 is 11.8 Å². The SMILES string of the molecule is CCOc1cc(/C=C2\SC(=Nc3cccc(C(=O)O)c3)N(CC)C2=O)ccc1O. The van der Waals surface area contributed by atoms with E-state index < -0.39 is 5.97 Å². The van der Waals surface area contributed by atoms with Gasteiger partial charge in [-0.2, -0.15) is 0 Å². The largest absolute Gasteiger partial charge is 0.504 e. The fourth-order valence-electron chi connectivity index (χ4n) is 2.73. The summed E-state index contributed by atoms with van der Waals surface area (Å²) in [4.78, 5) is 30.4. The second-order valence-electron chi connectivity index (χ2n) is 6.07. The highest BCUT2D eigenvalue weighted by Gasteiger charge is 2.32. The number of phenols is 1. The molecule has 0 unspecified atom stereocenters. The van der Waals surface area contributed by atoms with Crippen LogP contribution < -0.4 is 4.74 Å². The second kappa shape index (κ2) is 8.83. The Morgan fingerprint density at radius 3 is 2.72 bits per heavy atom. The van der Waals surface area contributed by atoms with E-state index in [2.05, 4.69) is 4.99 Å². The van der Waals surface area contributed by atoms with Crippen molar-refractivity contribution < 1.29 is 24.5 Å². The minimum absolute atomic E-state index is 0.0372. The van der Waals surface area contributed by atoms with Crippen LogP contribution in [0.1, 0.15) is 29.8 Å². The summed E-state index contributed by atoms with van der Waals surface area (Å²) < 4.78 is 5.39. The lowest BCUT2D eigenvalue weighted by Crippen LogP contribution is -2.28. The quantitative estimate of drug-likeness (QED) is 0.693. The van der Waals surface area contributed by atoms with Gasteiger partial charge in [0, 0.05) is 6.54 Å². The molecule has 0 bridgehead atoms. The number of benzene rings is 2. The van der Waals surface area contributed by atoms with Gasteiger partial charge in [-0.15, -0.1) is 0 Å². The van der Waals surface area contributed by atoms with E-state index in [1.54, 1.807) is 30.3 Å². The monoisotopic (exact) mass is 412 g/mol. The average Bonchev–Trinajstić information content (AvgIpc) is 2.99. The number of carboxylic acid groups (broad SMARTS) is 1. The number of phenolic OH excluding ortho intramolecular Hbond substituents is 1. The molecule has 0 saturated carbocycles. The van der Waals surface area contributed by atoms with Gasteiger partial charge in [0.1, 0.15) is 0 Å². The van der Waals surface area contributed by atoms with E-state index >= 15 is 0 Å². The van der Waals surface area contributed by atoms with Gasteiger partial charge in [-0.3, -0.25) is 9.69 Å². The van der Waals surface area contributed by atoms with E-state index in [9.17, 15) is 14.7 Å². The molecule has 1 heterocycles. The number of hydrogen-bond acceptors (Lipinski definition) is 6. The molecule has 2 N–H and O–H groups in total. The molecule has 150 valence electrons. The van der Waals surface area contributed by atoms with Gasteiger partial charge < -0.3 is 14.9 Å². The number of carbonyl (C=O) groups is 2. The number of nitrogens with zero attached hydrogens (tertiary/aromatic N) is 2. The molecule has 29 heavy (non-hydrogen) atoms. The Kier molecular flexibility index (Phi) is 6.23. The summed E-state index contributed by atoms with van der Waals surface area (Å²) in [5.41, 5.74) is 1.31. The minimum Gasteiger partial charge on any atom is -0.504 e. The van der Waals surface area contributed by atoms with Crippen molar-refractivity contribution >= 4 is 40.6 Å². The van der Waals surface area contributed by atoms with E-state index in [-0.39, 0.29) is 17.2 Å². The third-order valence-corrected chi connectivity index (χ3v) is 5.11. The minimum atomic E-state index is -1.03. The Bertz CT molecular complexity index is 1020.